The van der Waals surface area contributed by atoms with E-state index < -0.39 is 0 Å². The monoisotopic (exact) mass is 251 g/mol. The topological polar surface area (TPSA) is 32.7 Å². The summed E-state index contributed by atoms with van der Waals surface area (Å²) in [7, 11) is 1.59. The number of methoxy groups -OCH3 is 1. The van der Waals surface area contributed by atoms with Gasteiger partial charge in [0.25, 0.3) is 0 Å². The Kier molecular flexibility index (Phi) is 2.90. The second kappa shape index (κ2) is 4.43. The van der Waals surface area contributed by atoms with Crippen LogP contribution in [0.3, 0.4) is 0 Å². The van der Waals surface area contributed by atoms with Crippen molar-refractivity contribution >= 4 is 5.69 Å². The van der Waals surface area contributed by atoms with Crippen molar-refractivity contribution in [3.05, 3.63) is 24.0 Å². The Hall–Kier alpha value is -1.29. The maximum Gasteiger partial charge on any atom is 0.146 e. The maximum atomic E-state index is 14.0. The van der Waals surface area contributed by atoms with E-state index in [0.717, 1.165) is 25.7 Å². The van der Waals surface area contributed by atoms with Gasteiger partial charge in [0.1, 0.15) is 11.6 Å². The molecule has 0 amide bonds. The number of hydrogen-bond acceptors (Lipinski definition) is 3. The summed E-state index contributed by atoms with van der Waals surface area (Å²) in [5.41, 5.74) is 0.619. The van der Waals surface area contributed by atoms with Gasteiger partial charge in [-0.3, -0.25) is 0 Å². The molecule has 1 N–H and O–H groups in total. The summed E-state index contributed by atoms with van der Waals surface area (Å²) in [5.74, 6) is 0.473. The molecule has 0 spiro atoms. The fraction of sp³-hybridized carbons (Fsp3) is 0.571. The highest BCUT2D eigenvalue weighted by Crippen LogP contribution is 2.41. The number of aliphatic hydroxyl groups excluding tert-OH is 1. The van der Waals surface area contributed by atoms with Gasteiger partial charge >= 0.3 is 0 Å². The molecule has 2 saturated heterocycles. The van der Waals surface area contributed by atoms with Crippen molar-refractivity contribution in [3.63, 3.8) is 0 Å². The lowest BCUT2D eigenvalue weighted by Crippen LogP contribution is -2.45. The molecule has 2 aliphatic heterocycles. The van der Waals surface area contributed by atoms with Gasteiger partial charge in [-0.05, 0) is 37.8 Å². The number of benzene rings is 1. The summed E-state index contributed by atoms with van der Waals surface area (Å²) in [5, 5.41) is 9.78. The Balaban J connectivity index is 1.95. The van der Waals surface area contributed by atoms with E-state index in [4.69, 9.17) is 4.74 Å². The minimum atomic E-state index is -0.229. The highest BCUT2D eigenvalue weighted by molar-refractivity contribution is 5.55. The van der Waals surface area contributed by atoms with Crippen molar-refractivity contribution in [2.24, 2.45) is 0 Å². The van der Waals surface area contributed by atoms with Gasteiger partial charge in [0.05, 0.1) is 18.9 Å². The average Bonchev–Trinajstić information content (AvgIpc) is 2.63. The van der Waals surface area contributed by atoms with Crippen LogP contribution in [0.2, 0.25) is 0 Å². The zero-order valence-electron chi connectivity index (χ0n) is 10.5. The Morgan fingerprint density at radius 2 is 1.94 bits per heavy atom. The van der Waals surface area contributed by atoms with Gasteiger partial charge in [0, 0.05) is 18.2 Å². The molecule has 2 atom stereocenters. The molecule has 2 bridgehead atoms. The van der Waals surface area contributed by atoms with Crippen molar-refractivity contribution in [2.45, 2.75) is 43.9 Å². The van der Waals surface area contributed by atoms with Crippen LogP contribution in [-0.4, -0.2) is 30.4 Å². The fourth-order valence-corrected chi connectivity index (χ4v) is 3.36. The number of fused-ring (bicyclic) bond motifs is 2. The molecular weight excluding hydrogens is 233 g/mol. The van der Waals surface area contributed by atoms with Gasteiger partial charge in [-0.1, -0.05) is 0 Å². The van der Waals surface area contributed by atoms with Crippen LogP contribution in [0.1, 0.15) is 25.7 Å². The molecule has 2 aliphatic rings. The predicted octanol–water partition coefficient (Wildman–Crippen LogP) is 2.33. The zero-order valence-corrected chi connectivity index (χ0v) is 10.5. The van der Waals surface area contributed by atoms with Crippen LogP contribution in [0.5, 0.6) is 5.75 Å². The van der Waals surface area contributed by atoms with Crippen LogP contribution in [0.4, 0.5) is 10.1 Å². The summed E-state index contributed by atoms with van der Waals surface area (Å²) < 4.78 is 19.2. The normalized spacial score (nSPS) is 30.6. The molecule has 18 heavy (non-hydrogen) atoms. The van der Waals surface area contributed by atoms with Crippen LogP contribution in [-0.2, 0) is 0 Å². The number of aliphatic hydroxyl groups is 1. The molecule has 2 heterocycles. The molecule has 3 rings (SSSR count). The number of halogens is 1. The van der Waals surface area contributed by atoms with Crippen molar-refractivity contribution in [1.82, 2.24) is 0 Å². The first-order valence-electron chi connectivity index (χ1n) is 6.49. The highest BCUT2D eigenvalue weighted by atomic mass is 19.1. The number of hydrogen-bond donors (Lipinski definition) is 1. The van der Waals surface area contributed by atoms with Crippen molar-refractivity contribution in [1.29, 1.82) is 0 Å². The number of nitrogens with zero attached hydrogens (tertiary/aromatic N) is 1. The molecule has 0 aliphatic carbocycles. The molecule has 2 unspecified atom stereocenters. The van der Waals surface area contributed by atoms with Gasteiger partial charge in [-0.25, -0.2) is 4.39 Å². The van der Waals surface area contributed by atoms with Gasteiger partial charge < -0.3 is 14.7 Å². The summed E-state index contributed by atoms with van der Waals surface area (Å²) >= 11 is 0. The van der Waals surface area contributed by atoms with Crippen molar-refractivity contribution in [3.8, 4) is 5.75 Å². The van der Waals surface area contributed by atoms with E-state index in [0.29, 0.717) is 11.4 Å². The standard InChI is InChI=1S/C14H18FNO2/c1-18-12-4-5-13(15)14(8-12)16-9-2-3-10(16)7-11(17)6-9/h4-5,8-11,17H,2-3,6-7H2,1H3. The van der Waals surface area contributed by atoms with E-state index in [-0.39, 0.29) is 24.0 Å². The summed E-state index contributed by atoms with van der Waals surface area (Å²) in [6.07, 6.45) is 3.34. The van der Waals surface area contributed by atoms with Gasteiger partial charge in [0.15, 0.2) is 0 Å². The van der Waals surface area contributed by atoms with Gasteiger partial charge in [-0.15, -0.1) is 0 Å². The lowest BCUT2D eigenvalue weighted by atomic mass is 9.99. The number of piperidine rings is 1. The highest BCUT2D eigenvalue weighted by Gasteiger charge is 2.41. The number of rotatable bonds is 2. The van der Waals surface area contributed by atoms with E-state index in [1.165, 1.54) is 6.07 Å². The smallest absolute Gasteiger partial charge is 0.146 e. The second-order valence-corrected chi connectivity index (χ2v) is 5.23. The zero-order chi connectivity index (χ0) is 12.7. The third-order valence-electron chi connectivity index (χ3n) is 4.14. The molecule has 1 aromatic carbocycles. The molecule has 4 heteroatoms. The molecule has 3 nitrogen and oxygen atoms in total. The first-order chi connectivity index (χ1) is 8.69. The lowest BCUT2D eigenvalue weighted by Gasteiger charge is -2.39. The van der Waals surface area contributed by atoms with Crippen molar-refractivity contribution < 1.29 is 14.2 Å². The molecule has 2 fully saturated rings. The molecule has 1 aromatic rings. The minimum absolute atomic E-state index is 0.205. The largest absolute Gasteiger partial charge is 0.497 e. The lowest BCUT2D eigenvalue weighted by molar-refractivity contribution is 0.126. The summed E-state index contributed by atoms with van der Waals surface area (Å²) in [6, 6.07) is 5.39. The number of anilines is 1. The summed E-state index contributed by atoms with van der Waals surface area (Å²) in [4.78, 5) is 2.14. The van der Waals surface area contributed by atoms with Crippen LogP contribution in [0.15, 0.2) is 18.2 Å². The van der Waals surface area contributed by atoms with E-state index >= 15 is 0 Å². The first-order valence-corrected chi connectivity index (χ1v) is 6.49. The Morgan fingerprint density at radius 3 is 2.56 bits per heavy atom. The average molecular weight is 251 g/mol. The second-order valence-electron chi connectivity index (χ2n) is 5.23. The molecule has 0 radical (unpaired) electrons. The molecule has 98 valence electrons. The Morgan fingerprint density at radius 1 is 1.28 bits per heavy atom. The van der Waals surface area contributed by atoms with E-state index in [1.807, 2.05) is 0 Å². The minimum Gasteiger partial charge on any atom is -0.497 e. The SMILES string of the molecule is COc1ccc(F)c(N2C3CCC2CC(O)C3)c1. The first kappa shape index (κ1) is 11.8. The van der Waals surface area contributed by atoms with E-state index in [9.17, 15) is 9.50 Å². The fourth-order valence-electron chi connectivity index (χ4n) is 3.36. The van der Waals surface area contributed by atoms with E-state index in [2.05, 4.69) is 4.90 Å². The van der Waals surface area contributed by atoms with Gasteiger partial charge in [-0.2, -0.15) is 0 Å². The maximum absolute atomic E-state index is 14.0. The molecular formula is C14H18FNO2. The molecule has 0 saturated carbocycles. The van der Waals surface area contributed by atoms with Crippen LogP contribution < -0.4 is 9.64 Å². The summed E-state index contributed by atoms with van der Waals surface area (Å²) in [6.45, 7) is 0. The van der Waals surface area contributed by atoms with Crippen LogP contribution in [0, 0.1) is 5.82 Å². The molecule has 0 aromatic heterocycles. The third kappa shape index (κ3) is 1.85. The van der Waals surface area contributed by atoms with E-state index in [1.54, 1.807) is 19.2 Å². The predicted molar refractivity (Wildman–Crippen MR) is 67.5 cm³/mol. The Bertz CT molecular complexity index is 437. The van der Waals surface area contributed by atoms with Crippen LogP contribution in [0.25, 0.3) is 0 Å². The van der Waals surface area contributed by atoms with Crippen LogP contribution >= 0.6 is 0 Å². The van der Waals surface area contributed by atoms with Crippen molar-refractivity contribution in [2.75, 3.05) is 12.0 Å². The Labute approximate surface area is 106 Å². The third-order valence-corrected chi connectivity index (χ3v) is 4.14. The number of ether oxygens (including phenoxy) is 1. The van der Waals surface area contributed by atoms with Gasteiger partial charge in [0.2, 0.25) is 0 Å². The quantitative estimate of drug-likeness (QED) is 0.875.